The molecule has 0 heterocycles. The smallest absolute Gasteiger partial charge is 0.185 e. The summed E-state index contributed by atoms with van der Waals surface area (Å²) in [6.45, 7) is 12.2. The topological polar surface area (TPSA) is 17.1 Å². The summed E-state index contributed by atoms with van der Waals surface area (Å²) >= 11 is 0. The highest BCUT2D eigenvalue weighted by molar-refractivity contribution is 6.08. The number of hydrogen-bond donors (Lipinski definition) is 0. The molecule has 1 nitrogen and oxygen atoms in total. The second-order valence-corrected chi connectivity index (χ2v) is 4.74. The monoisotopic (exact) mass is 274 g/mol. The number of carbonyl (C=O) groups excluding carboxylic acids is 1. The molecule has 0 atom stereocenters. The van der Waals surface area contributed by atoms with Crippen LogP contribution < -0.4 is 0 Å². The highest BCUT2D eigenvalue weighted by Crippen LogP contribution is 2.25. The largest absolute Gasteiger partial charge is 0.289 e. The van der Waals surface area contributed by atoms with Crippen molar-refractivity contribution in [2.45, 2.75) is 67.2 Å². The maximum atomic E-state index is 12.2. The molecule has 0 saturated heterocycles. The first-order chi connectivity index (χ1) is 9.66. The molecular weight excluding hydrogens is 244 g/mol. The quantitative estimate of drug-likeness (QED) is 0.609. The minimum Gasteiger partial charge on any atom is -0.289 e. The molecular formula is C19H30O. The summed E-state index contributed by atoms with van der Waals surface area (Å²) in [7, 11) is 0. The van der Waals surface area contributed by atoms with Crippen molar-refractivity contribution in [2.24, 2.45) is 0 Å². The summed E-state index contributed by atoms with van der Waals surface area (Å²) in [5.74, 6) is 0.257. The van der Waals surface area contributed by atoms with E-state index in [1.807, 2.05) is 39.8 Å². The molecule has 112 valence electrons. The summed E-state index contributed by atoms with van der Waals surface area (Å²) in [4.78, 5) is 12.2. The number of carbonyl (C=O) groups is 1. The Morgan fingerprint density at radius 2 is 1.05 bits per heavy atom. The molecule has 20 heavy (non-hydrogen) atoms. The van der Waals surface area contributed by atoms with Gasteiger partial charge < -0.3 is 0 Å². The van der Waals surface area contributed by atoms with Crippen LogP contribution in [0.25, 0.3) is 0 Å². The van der Waals surface area contributed by atoms with Crippen molar-refractivity contribution in [1.82, 2.24) is 0 Å². The minimum absolute atomic E-state index is 0.257. The lowest BCUT2D eigenvalue weighted by Gasteiger charge is -2.15. The van der Waals surface area contributed by atoms with Gasteiger partial charge in [-0.15, -0.1) is 0 Å². The number of rotatable bonds is 2. The fraction of sp³-hybridized carbons (Fsp3) is 0.526. The standard InChI is InChI=1S/C15H18O.2C2H6/c1-11-3-7-13(8-4-11)15(16)14-9-5-12(2)6-10-14;2*1-2/h3,5,7,9H,4,6,8,10H2,1-2H3;2*1-2H3. The molecule has 0 fully saturated rings. The molecule has 2 aliphatic rings. The van der Waals surface area contributed by atoms with E-state index in [-0.39, 0.29) is 5.78 Å². The van der Waals surface area contributed by atoms with Gasteiger partial charge in [-0.05, 0) is 39.5 Å². The summed E-state index contributed by atoms with van der Waals surface area (Å²) in [5, 5.41) is 0. The zero-order chi connectivity index (χ0) is 15.5. The van der Waals surface area contributed by atoms with Crippen LogP contribution in [0.4, 0.5) is 0 Å². The molecule has 0 aromatic rings. The summed E-state index contributed by atoms with van der Waals surface area (Å²) in [5.41, 5.74) is 4.68. The van der Waals surface area contributed by atoms with Crippen molar-refractivity contribution < 1.29 is 4.79 Å². The molecule has 0 spiro atoms. The molecule has 1 heteroatoms. The second kappa shape index (κ2) is 10.4. The van der Waals surface area contributed by atoms with Crippen LogP contribution in [0.5, 0.6) is 0 Å². The van der Waals surface area contributed by atoms with E-state index in [9.17, 15) is 4.79 Å². The lowest BCUT2D eigenvalue weighted by Crippen LogP contribution is -2.10. The third kappa shape index (κ3) is 5.73. The van der Waals surface area contributed by atoms with Crippen LogP contribution in [0.2, 0.25) is 0 Å². The predicted molar refractivity (Wildman–Crippen MR) is 89.9 cm³/mol. The number of ketones is 1. The third-order valence-electron chi connectivity index (χ3n) is 3.30. The maximum Gasteiger partial charge on any atom is 0.185 e. The molecule has 0 unspecified atom stereocenters. The van der Waals surface area contributed by atoms with E-state index in [1.54, 1.807) is 0 Å². The van der Waals surface area contributed by atoms with Crippen LogP contribution in [0.1, 0.15) is 67.2 Å². The van der Waals surface area contributed by atoms with Gasteiger partial charge in [0.15, 0.2) is 5.78 Å². The zero-order valence-corrected chi connectivity index (χ0v) is 14.0. The predicted octanol–water partition coefficient (Wildman–Crippen LogP) is 5.94. The Balaban J connectivity index is 0.000000829. The van der Waals surface area contributed by atoms with E-state index in [1.165, 1.54) is 11.1 Å². The average Bonchev–Trinajstić information content (AvgIpc) is 2.52. The van der Waals surface area contributed by atoms with E-state index >= 15 is 0 Å². The van der Waals surface area contributed by atoms with Gasteiger partial charge in [0.25, 0.3) is 0 Å². The Kier molecular flexibility index (Phi) is 9.71. The van der Waals surface area contributed by atoms with Gasteiger partial charge in [-0.1, -0.05) is 63.1 Å². The molecule has 0 saturated carbocycles. The molecule has 0 amide bonds. The normalized spacial score (nSPS) is 17.1. The highest BCUT2D eigenvalue weighted by Gasteiger charge is 2.17. The van der Waals surface area contributed by atoms with E-state index in [0.717, 1.165) is 36.8 Å². The van der Waals surface area contributed by atoms with Gasteiger partial charge in [0.2, 0.25) is 0 Å². The Morgan fingerprint density at radius 1 is 0.700 bits per heavy atom. The first-order valence-corrected chi connectivity index (χ1v) is 7.94. The van der Waals surface area contributed by atoms with Crippen molar-refractivity contribution in [1.29, 1.82) is 0 Å². The van der Waals surface area contributed by atoms with Crippen LogP contribution in [-0.2, 0) is 4.79 Å². The number of hydrogen-bond acceptors (Lipinski definition) is 1. The van der Waals surface area contributed by atoms with E-state index in [4.69, 9.17) is 0 Å². The van der Waals surface area contributed by atoms with E-state index < -0.39 is 0 Å². The Labute approximate surface area is 125 Å². The van der Waals surface area contributed by atoms with Gasteiger partial charge in [-0.2, -0.15) is 0 Å². The van der Waals surface area contributed by atoms with Gasteiger partial charge in [-0.25, -0.2) is 0 Å². The SMILES string of the molecule is CC.CC.CC1=CC=C(C(=O)C2=CC=C(C)CC2)CC1. The van der Waals surface area contributed by atoms with Crippen LogP contribution >= 0.6 is 0 Å². The fourth-order valence-corrected chi connectivity index (χ4v) is 2.07. The van der Waals surface area contributed by atoms with Gasteiger partial charge in [0.1, 0.15) is 0 Å². The summed E-state index contributed by atoms with van der Waals surface area (Å²) in [6.07, 6.45) is 12.0. The molecule has 0 aromatic carbocycles. The number of Topliss-reactive ketones (excluding diaryl/α,β-unsaturated/α-hetero) is 1. The zero-order valence-electron chi connectivity index (χ0n) is 14.0. The van der Waals surface area contributed by atoms with Crippen LogP contribution in [0.15, 0.2) is 46.6 Å². The van der Waals surface area contributed by atoms with Gasteiger partial charge in [-0.3, -0.25) is 4.79 Å². The number of allylic oxidation sites excluding steroid dienone is 8. The van der Waals surface area contributed by atoms with Crippen molar-refractivity contribution in [3.05, 3.63) is 46.6 Å². The molecule has 0 aliphatic heterocycles. The maximum absolute atomic E-state index is 12.2. The van der Waals surface area contributed by atoms with E-state index in [0.29, 0.717) is 0 Å². The first kappa shape index (κ1) is 18.6. The minimum atomic E-state index is 0.257. The van der Waals surface area contributed by atoms with Crippen molar-refractivity contribution in [3.8, 4) is 0 Å². The Morgan fingerprint density at radius 3 is 1.30 bits per heavy atom. The Hall–Kier alpha value is -1.37. The van der Waals surface area contributed by atoms with Crippen molar-refractivity contribution >= 4 is 5.78 Å². The molecule has 0 radical (unpaired) electrons. The Bertz CT molecular complexity index is 391. The van der Waals surface area contributed by atoms with Crippen molar-refractivity contribution in [2.75, 3.05) is 0 Å². The molecule has 2 aliphatic carbocycles. The van der Waals surface area contributed by atoms with Crippen LogP contribution in [0, 0.1) is 0 Å². The summed E-state index contributed by atoms with van der Waals surface area (Å²) < 4.78 is 0. The van der Waals surface area contributed by atoms with Gasteiger partial charge in [0, 0.05) is 11.1 Å². The molecule has 0 N–H and O–H groups in total. The van der Waals surface area contributed by atoms with Crippen LogP contribution in [0.3, 0.4) is 0 Å². The molecule has 2 rings (SSSR count). The van der Waals surface area contributed by atoms with Crippen molar-refractivity contribution in [3.63, 3.8) is 0 Å². The lowest BCUT2D eigenvalue weighted by atomic mass is 9.89. The van der Waals surface area contributed by atoms with E-state index in [2.05, 4.69) is 26.0 Å². The molecule has 0 aromatic heterocycles. The van der Waals surface area contributed by atoms with Crippen LogP contribution in [-0.4, -0.2) is 5.78 Å². The second-order valence-electron chi connectivity index (χ2n) is 4.74. The first-order valence-electron chi connectivity index (χ1n) is 7.94. The summed E-state index contributed by atoms with van der Waals surface area (Å²) in [6, 6.07) is 0. The molecule has 0 bridgehead atoms. The average molecular weight is 274 g/mol. The van der Waals surface area contributed by atoms with Gasteiger partial charge in [0.05, 0.1) is 0 Å². The lowest BCUT2D eigenvalue weighted by molar-refractivity contribution is -0.112. The fourth-order valence-electron chi connectivity index (χ4n) is 2.07. The van der Waals surface area contributed by atoms with Gasteiger partial charge >= 0.3 is 0 Å². The highest BCUT2D eigenvalue weighted by atomic mass is 16.1. The third-order valence-corrected chi connectivity index (χ3v) is 3.30.